The molecule has 0 bridgehead atoms. The zero-order valence-corrected chi connectivity index (χ0v) is 17.4. The first-order chi connectivity index (χ1) is 13.6. The van der Waals surface area contributed by atoms with Crippen molar-refractivity contribution < 1.29 is 4.42 Å². The third kappa shape index (κ3) is 3.84. The van der Waals surface area contributed by atoms with E-state index in [1.54, 1.807) is 30.0 Å². The Bertz CT molecular complexity index is 1070. The summed E-state index contributed by atoms with van der Waals surface area (Å²) in [5.41, 5.74) is 0.924. The Morgan fingerprint density at radius 1 is 1.25 bits per heavy atom. The van der Waals surface area contributed by atoms with Gasteiger partial charge in [-0.15, -0.1) is 11.3 Å². The van der Waals surface area contributed by atoms with Crippen molar-refractivity contribution in [2.45, 2.75) is 26.2 Å². The fourth-order valence-electron chi connectivity index (χ4n) is 3.02. The van der Waals surface area contributed by atoms with Gasteiger partial charge < -0.3 is 4.42 Å². The molecule has 28 heavy (non-hydrogen) atoms. The number of pyridine rings is 1. The average Bonchev–Trinajstić information content (AvgIpc) is 3.47. The van der Waals surface area contributed by atoms with Crippen LogP contribution in [0.15, 0.2) is 64.9 Å². The van der Waals surface area contributed by atoms with Gasteiger partial charge in [0, 0.05) is 28.9 Å². The second-order valence-corrected chi connectivity index (χ2v) is 7.95. The van der Waals surface area contributed by atoms with Gasteiger partial charge in [-0.25, -0.2) is 4.68 Å². The molecule has 6 nitrogen and oxygen atoms in total. The molecular formula is C20H21N5OS2. The number of hydrogen-bond donors (Lipinski definition) is 0. The first-order valence-electron chi connectivity index (χ1n) is 8.97. The minimum atomic E-state index is 0.277. The Labute approximate surface area is 172 Å². The second-order valence-electron chi connectivity index (χ2n) is 6.60. The number of aromatic nitrogens is 4. The molecule has 0 amide bonds. The van der Waals surface area contributed by atoms with Crippen molar-refractivity contribution in [3.8, 4) is 11.4 Å². The fraction of sp³-hybridized carbons (Fsp3) is 0.250. The third-order valence-electron chi connectivity index (χ3n) is 4.71. The van der Waals surface area contributed by atoms with Crippen LogP contribution in [-0.4, -0.2) is 31.3 Å². The minimum absolute atomic E-state index is 0.277. The monoisotopic (exact) mass is 411 g/mol. The van der Waals surface area contributed by atoms with Crippen LogP contribution in [0.3, 0.4) is 0 Å². The normalized spacial score (nSPS) is 12.5. The summed E-state index contributed by atoms with van der Waals surface area (Å²) in [6, 6.07) is 12.2. The Morgan fingerprint density at radius 3 is 2.82 bits per heavy atom. The third-order valence-corrected chi connectivity index (χ3v) is 6.18. The highest BCUT2D eigenvalue weighted by atomic mass is 32.1. The van der Waals surface area contributed by atoms with E-state index in [9.17, 15) is 0 Å². The smallest absolute Gasteiger partial charge is 0.199 e. The summed E-state index contributed by atoms with van der Waals surface area (Å²) in [7, 11) is 2.08. The van der Waals surface area contributed by atoms with Gasteiger partial charge in [0.1, 0.15) is 5.76 Å². The molecular weight excluding hydrogens is 390 g/mol. The number of hydrogen-bond acceptors (Lipinski definition) is 6. The molecule has 0 fully saturated rings. The van der Waals surface area contributed by atoms with Gasteiger partial charge >= 0.3 is 0 Å². The van der Waals surface area contributed by atoms with Crippen LogP contribution in [0.25, 0.3) is 11.4 Å². The maximum atomic E-state index is 5.77. The summed E-state index contributed by atoms with van der Waals surface area (Å²) < 4.78 is 10.0. The van der Waals surface area contributed by atoms with Crippen LogP contribution >= 0.6 is 23.6 Å². The lowest BCUT2D eigenvalue weighted by Gasteiger charge is -2.23. The molecule has 4 rings (SSSR count). The van der Waals surface area contributed by atoms with Crippen LogP contribution in [0.5, 0.6) is 0 Å². The van der Waals surface area contributed by atoms with Crippen LogP contribution < -0.4 is 0 Å². The summed E-state index contributed by atoms with van der Waals surface area (Å²) in [5, 5.41) is 6.92. The molecule has 4 aromatic rings. The van der Waals surface area contributed by atoms with Crippen LogP contribution in [0, 0.1) is 4.77 Å². The zero-order chi connectivity index (χ0) is 19.5. The van der Waals surface area contributed by atoms with Crippen LogP contribution in [0.2, 0.25) is 0 Å². The molecule has 1 unspecified atom stereocenters. The van der Waals surface area contributed by atoms with E-state index in [0.717, 1.165) is 17.1 Å². The highest BCUT2D eigenvalue weighted by Crippen LogP contribution is 2.25. The van der Waals surface area contributed by atoms with Gasteiger partial charge in [0.15, 0.2) is 10.6 Å². The maximum Gasteiger partial charge on any atom is 0.199 e. The first-order valence-corrected chi connectivity index (χ1v) is 10.3. The van der Waals surface area contributed by atoms with E-state index in [1.807, 2.05) is 33.5 Å². The van der Waals surface area contributed by atoms with Crippen molar-refractivity contribution in [2.75, 3.05) is 7.05 Å². The largest absolute Gasteiger partial charge is 0.467 e. The van der Waals surface area contributed by atoms with E-state index in [0.29, 0.717) is 18.0 Å². The molecule has 0 aromatic carbocycles. The second kappa shape index (κ2) is 8.22. The van der Waals surface area contributed by atoms with Crippen molar-refractivity contribution in [3.63, 3.8) is 0 Å². The van der Waals surface area contributed by atoms with Crippen LogP contribution in [0.4, 0.5) is 0 Å². The number of thiophene rings is 1. The van der Waals surface area contributed by atoms with E-state index in [2.05, 4.69) is 41.4 Å². The summed E-state index contributed by atoms with van der Waals surface area (Å²) in [4.78, 5) is 7.78. The van der Waals surface area contributed by atoms with Crippen molar-refractivity contribution in [1.82, 2.24) is 24.2 Å². The maximum absolute atomic E-state index is 5.77. The van der Waals surface area contributed by atoms with Crippen molar-refractivity contribution in [2.24, 2.45) is 0 Å². The summed E-state index contributed by atoms with van der Waals surface area (Å²) >= 11 is 7.53. The minimum Gasteiger partial charge on any atom is -0.467 e. The van der Waals surface area contributed by atoms with E-state index in [-0.39, 0.29) is 6.04 Å². The van der Waals surface area contributed by atoms with E-state index in [4.69, 9.17) is 21.7 Å². The van der Waals surface area contributed by atoms with Gasteiger partial charge in [-0.1, -0.05) is 6.07 Å². The van der Waals surface area contributed by atoms with Gasteiger partial charge in [-0.05, 0) is 61.9 Å². The molecule has 144 valence electrons. The molecule has 0 N–H and O–H groups in total. The molecule has 0 saturated carbocycles. The molecule has 0 aliphatic carbocycles. The molecule has 0 saturated heterocycles. The lowest BCUT2D eigenvalue weighted by molar-refractivity contribution is 0.197. The number of rotatable bonds is 7. The molecule has 8 heteroatoms. The number of nitrogens with zero attached hydrogens (tertiary/aromatic N) is 5. The Morgan fingerprint density at radius 2 is 2.14 bits per heavy atom. The number of furan rings is 1. The fourth-order valence-corrected chi connectivity index (χ4v) is 4.12. The van der Waals surface area contributed by atoms with Gasteiger partial charge in [0.2, 0.25) is 0 Å². The highest BCUT2D eigenvalue weighted by Gasteiger charge is 2.18. The molecule has 4 heterocycles. The summed E-state index contributed by atoms with van der Waals surface area (Å²) in [6.07, 6.45) is 5.23. The van der Waals surface area contributed by atoms with Crippen LogP contribution in [-0.2, 0) is 13.2 Å². The van der Waals surface area contributed by atoms with Gasteiger partial charge in [0.05, 0.1) is 19.5 Å². The standard InChI is InChI=1S/C20H21N5OS2/c1-15(18-8-5-11-28-18)23(2)14-25-20(27)24(13-17-7-4-10-26-17)19(22-25)16-6-3-9-21-12-16/h3-12,15H,13-14H2,1-2H3. The van der Waals surface area contributed by atoms with Gasteiger partial charge in [-0.3, -0.25) is 14.5 Å². The lowest BCUT2D eigenvalue weighted by Crippen LogP contribution is -2.25. The van der Waals surface area contributed by atoms with Gasteiger partial charge in [-0.2, -0.15) is 5.10 Å². The summed E-state index contributed by atoms with van der Waals surface area (Å²) in [5.74, 6) is 1.62. The first kappa shape index (κ1) is 18.8. The molecule has 4 aromatic heterocycles. The Hall–Kier alpha value is -2.55. The quantitative estimate of drug-likeness (QED) is 0.408. The molecule has 0 spiro atoms. The molecule has 0 aliphatic heterocycles. The van der Waals surface area contributed by atoms with Crippen molar-refractivity contribution in [3.05, 3.63) is 75.8 Å². The van der Waals surface area contributed by atoms with Crippen LogP contribution in [0.1, 0.15) is 23.6 Å². The lowest BCUT2D eigenvalue weighted by atomic mass is 10.2. The zero-order valence-electron chi connectivity index (χ0n) is 15.7. The highest BCUT2D eigenvalue weighted by molar-refractivity contribution is 7.71. The molecule has 0 radical (unpaired) electrons. The van der Waals surface area contributed by atoms with Crippen molar-refractivity contribution >= 4 is 23.6 Å². The van der Waals surface area contributed by atoms with Gasteiger partial charge in [0.25, 0.3) is 0 Å². The predicted molar refractivity (Wildman–Crippen MR) is 113 cm³/mol. The van der Waals surface area contributed by atoms with E-state index in [1.165, 1.54) is 4.88 Å². The van der Waals surface area contributed by atoms with E-state index < -0.39 is 0 Å². The topological polar surface area (TPSA) is 52.0 Å². The molecule has 1 atom stereocenters. The average molecular weight is 412 g/mol. The van der Waals surface area contributed by atoms with Crippen molar-refractivity contribution in [1.29, 1.82) is 0 Å². The predicted octanol–water partition coefficient (Wildman–Crippen LogP) is 4.83. The summed E-state index contributed by atoms with van der Waals surface area (Å²) in [6.45, 7) is 3.31. The molecule has 0 aliphatic rings. The Balaban J connectivity index is 1.68. The van der Waals surface area contributed by atoms with E-state index >= 15 is 0 Å². The SMILES string of the molecule is CC(c1cccs1)N(C)Cn1nc(-c2cccnc2)n(Cc2ccco2)c1=S. The Kier molecular flexibility index (Phi) is 5.52.